The van der Waals surface area contributed by atoms with Crippen LogP contribution in [0.5, 0.6) is 11.5 Å². The van der Waals surface area contributed by atoms with Crippen LogP contribution in [0.1, 0.15) is 5.56 Å². The maximum absolute atomic E-state index is 5.36. The maximum Gasteiger partial charge on any atom is 0.160 e. The number of hydrogen-bond acceptors (Lipinski definition) is 7. The van der Waals surface area contributed by atoms with Crippen LogP contribution >= 0.6 is 0 Å². The van der Waals surface area contributed by atoms with Crippen LogP contribution in [0.4, 0.5) is 23.0 Å². The number of hydrogen-bond donors (Lipinski definition) is 2. The van der Waals surface area contributed by atoms with E-state index in [0.717, 1.165) is 53.0 Å². The summed E-state index contributed by atoms with van der Waals surface area (Å²) in [6, 6.07) is 16.0. The van der Waals surface area contributed by atoms with Crippen molar-refractivity contribution in [2.45, 2.75) is 6.42 Å². The minimum atomic E-state index is 0.731. The van der Waals surface area contributed by atoms with E-state index in [1.165, 1.54) is 0 Å². The van der Waals surface area contributed by atoms with E-state index in [-0.39, 0.29) is 0 Å². The number of methoxy groups -OCH3 is 2. The van der Waals surface area contributed by atoms with Crippen molar-refractivity contribution in [2.24, 2.45) is 0 Å². The van der Waals surface area contributed by atoms with Crippen LogP contribution in [0.3, 0.4) is 0 Å². The smallest absolute Gasteiger partial charge is 0.160 e. The standard InChI is InChI=1S/C22H27N5O2/c1-27(2)18-8-6-17(7-9-18)26-22-14-21(24-15-25-22)23-12-11-16-5-10-19(28-3)20(13-16)29-4/h5-10,13-15H,11-12H2,1-4H3,(H2,23,24,25,26). The van der Waals surface area contributed by atoms with E-state index in [0.29, 0.717) is 0 Å². The third-order valence-corrected chi connectivity index (χ3v) is 4.49. The van der Waals surface area contributed by atoms with E-state index in [9.17, 15) is 0 Å². The summed E-state index contributed by atoms with van der Waals surface area (Å²) in [6.07, 6.45) is 2.38. The first kappa shape index (κ1) is 20.3. The number of aromatic nitrogens is 2. The molecule has 0 aliphatic heterocycles. The van der Waals surface area contributed by atoms with E-state index < -0.39 is 0 Å². The number of rotatable bonds is 9. The first-order chi connectivity index (χ1) is 14.1. The predicted molar refractivity (Wildman–Crippen MR) is 118 cm³/mol. The molecule has 1 heterocycles. The molecule has 0 saturated carbocycles. The molecule has 0 saturated heterocycles. The second kappa shape index (κ2) is 9.64. The van der Waals surface area contributed by atoms with Gasteiger partial charge >= 0.3 is 0 Å². The molecule has 7 heteroatoms. The van der Waals surface area contributed by atoms with E-state index in [2.05, 4.69) is 37.6 Å². The highest BCUT2D eigenvalue weighted by atomic mass is 16.5. The van der Waals surface area contributed by atoms with Gasteiger partial charge in [-0.1, -0.05) is 6.07 Å². The molecule has 0 bridgehead atoms. The van der Waals surface area contributed by atoms with Gasteiger partial charge in [-0.25, -0.2) is 9.97 Å². The lowest BCUT2D eigenvalue weighted by Gasteiger charge is -2.13. The SMILES string of the molecule is COc1ccc(CCNc2cc(Nc3ccc(N(C)C)cc3)ncn2)cc1OC. The Morgan fingerprint density at radius 3 is 2.28 bits per heavy atom. The molecule has 152 valence electrons. The van der Waals surface area contributed by atoms with Gasteiger partial charge in [0.25, 0.3) is 0 Å². The number of benzene rings is 2. The Balaban J connectivity index is 1.57. The second-order valence-corrected chi connectivity index (χ2v) is 6.72. The molecule has 0 amide bonds. The quantitative estimate of drug-likeness (QED) is 0.570. The lowest BCUT2D eigenvalue weighted by atomic mass is 10.1. The van der Waals surface area contributed by atoms with Gasteiger partial charge in [-0.05, 0) is 48.4 Å². The Kier molecular flexibility index (Phi) is 6.73. The van der Waals surface area contributed by atoms with Crippen LogP contribution in [0, 0.1) is 0 Å². The monoisotopic (exact) mass is 393 g/mol. The lowest BCUT2D eigenvalue weighted by Crippen LogP contribution is -2.08. The molecule has 3 rings (SSSR count). The van der Waals surface area contributed by atoms with Gasteiger partial charge in [-0.15, -0.1) is 0 Å². The topological polar surface area (TPSA) is 71.5 Å². The molecule has 3 aromatic rings. The van der Waals surface area contributed by atoms with Crippen LogP contribution in [-0.2, 0) is 6.42 Å². The first-order valence-corrected chi connectivity index (χ1v) is 9.40. The number of nitrogens with one attached hydrogen (secondary N) is 2. The fourth-order valence-electron chi connectivity index (χ4n) is 2.88. The molecule has 0 atom stereocenters. The molecule has 0 radical (unpaired) electrons. The number of ether oxygens (including phenoxy) is 2. The van der Waals surface area contributed by atoms with Crippen molar-refractivity contribution in [1.82, 2.24) is 9.97 Å². The van der Waals surface area contributed by atoms with Crippen LogP contribution in [0.2, 0.25) is 0 Å². The van der Waals surface area contributed by atoms with Crippen LogP contribution in [-0.4, -0.2) is 44.8 Å². The van der Waals surface area contributed by atoms with Crippen molar-refractivity contribution >= 4 is 23.0 Å². The fourth-order valence-corrected chi connectivity index (χ4v) is 2.88. The summed E-state index contributed by atoms with van der Waals surface area (Å²) in [5, 5.41) is 6.65. The number of anilines is 4. The van der Waals surface area contributed by atoms with Crippen LogP contribution in [0.25, 0.3) is 0 Å². The molecule has 2 aromatic carbocycles. The van der Waals surface area contributed by atoms with Crippen molar-refractivity contribution in [3.63, 3.8) is 0 Å². The molecule has 2 N–H and O–H groups in total. The summed E-state index contributed by atoms with van der Waals surface area (Å²) >= 11 is 0. The van der Waals surface area contributed by atoms with Gasteiger partial charge in [-0.2, -0.15) is 0 Å². The third kappa shape index (κ3) is 5.51. The van der Waals surface area contributed by atoms with Gasteiger partial charge in [0.1, 0.15) is 18.0 Å². The Hall–Kier alpha value is -3.48. The highest BCUT2D eigenvalue weighted by Crippen LogP contribution is 2.27. The Bertz CT molecular complexity index is 929. The third-order valence-electron chi connectivity index (χ3n) is 4.49. The van der Waals surface area contributed by atoms with E-state index in [1.54, 1.807) is 20.5 Å². The average Bonchev–Trinajstić information content (AvgIpc) is 2.74. The molecule has 0 spiro atoms. The summed E-state index contributed by atoms with van der Waals surface area (Å²) in [5.41, 5.74) is 3.28. The minimum Gasteiger partial charge on any atom is -0.493 e. The molecule has 0 aliphatic carbocycles. The molecule has 7 nitrogen and oxygen atoms in total. The van der Waals surface area contributed by atoms with Crippen molar-refractivity contribution in [3.8, 4) is 11.5 Å². The molecular formula is C22H27N5O2. The van der Waals surface area contributed by atoms with E-state index >= 15 is 0 Å². The van der Waals surface area contributed by atoms with Gasteiger partial charge in [0, 0.05) is 38.1 Å². The zero-order valence-electron chi connectivity index (χ0n) is 17.3. The van der Waals surface area contributed by atoms with Gasteiger partial charge in [0.05, 0.1) is 14.2 Å². The Morgan fingerprint density at radius 2 is 1.59 bits per heavy atom. The first-order valence-electron chi connectivity index (χ1n) is 9.40. The molecule has 29 heavy (non-hydrogen) atoms. The zero-order chi connectivity index (χ0) is 20.6. The van der Waals surface area contributed by atoms with Crippen LogP contribution in [0.15, 0.2) is 54.9 Å². The molecule has 0 unspecified atom stereocenters. The summed E-state index contributed by atoms with van der Waals surface area (Å²) in [5.74, 6) is 2.98. The van der Waals surface area contributed by atoms with E-state index in [4.69, 9.17) is 9.47 Å². The van der Waals surface area contributed by atoms with Crippen molar-refractivity contribution in [1.29, 1.82) is 0 Å². The zero-order valence-corrected chi connectivity index (χ0v) is 17.3. The van der Waals surface area contributed by atoms with Gasteiger partial charge < -0.3 is 25.0 Å². The predicted octanol–water partition coefficient (Wildman–Crippen LogP) is 3.96. The number of nitrogens with zero attached hydrogens (tertiary/aromatic N) is 3. The largest absolute Gasteiger partial charge is 0.493 e. The highest BCUT2D eigenvalue weighted by Gasteiger charge is 2.05. The second-order valence-electron chi connectivity index (χ2n) is 6.72. The minimum absolute atomic E-state index is 0.731. The Labute approximate surface area is 171 Å². The summed E-state index contributed by atoms with van der Waals surface area (Å²) in [4.78, 5) is 10.7. The molecular weight excluding hydrogens is 366 g/mol. The summed E-state index contributed by atoms with van der Waals surface area (Å²) in [6.45, 7) is 0.740. The fraction of sp³-hybridized carbons (Fsp3) is 0.273. The summed E-state index contributed by atoms with van der Waals surface area (Å²) in [7, 11) is 7.32. The maximum atomic E-state index is 5.36. The molecule has 0 fully saturated rings. The van der Waals surface area contributed by atoms with Gasteiger partial charge in [0.2, 0.25) is 0 Å². The Morgan fingerprint density at radius 1 is 0.862 bits per heavy atom. The average molecular weight is 393 g/mol. The normalized spacial score (nSPS) is 10.3. The van der Waals surface area contributed by atoms with Gasteiger partial charge in [-0.3, -0.25) is 0 Å². The highest BCUT2D eigenvalue weighted by molar-refractivity contribution is 5.62. The molecule has 0 aliphatic rings. The summed E-state index contributed by atoms with van der Waals surface area (Å²) < 4.78 is 10.6. The van der Waals surface area contributed by atoms with Crippen molar-refractivity contribution in [2.75, 3.05) is 50.4 Å². The van der Waals surface area contributed by atoms with E-state index in [1.807, 2.05) is 50.5 Å². The van der Waals surface area contributed by atoms with Crippen molar-refractivity contribution in [3.05, 3.63) is 60.4 Å². The van der Waals surface area contributed by atoms with Crippen LogP contribution < -0.4 is 25.0 Å². The lowest BCUT2D eigenvalue weighted by molar-refractivity contribution is 0.354. The van der Waals surface area contributed by atoms with Crippen molar-refractivity contribution < 1.29 is 9.47 Å². The van der Waals surface area contributed by atoms with Gasteiger partial charge in [0.15, 0.2) is 11.5 Å². The molecule has 1 aromatic heterocycles.